The number of nitrogens with one attached hydrogen (secondary N) is 3. The van der Waals surface area contributed by atoms with E-state index in [1.807, 2.05) is 60.0 Å². The first-order valence-electron chi connectivity index (χ1n) is 10.4. The predicted molar refractivity (Wildman–Crippen MR) is 137 cm³/mol. The van der Waals surface area contributed by atoms with E-state index in [1.165, 1.54) is 0 Å². The molecule has 0 aliphatic rings. The molecule has 3 N–H and O–H groups in total. The summed E-state index contributed by atoms with van der Waals surface area (Å²) < 4.78 is 3.52. The molecule has 4 rings (SSSR count). The van der Waals surface area contributed by atoms with Crippen LogP contribution in [0.4, 0.5) is 5.69 Å². The van der Waals surface area contributed by atoms with Gasteiger partial charge in [0.05, 0.1) is 13.1 Å². The fraction of sp³-hybridized carbons (Fsp3) is 0.227. The van der Waals surface area contributed by atoms with E-state index in [4.69, 9.17) is 0 Å². The van der Waals surface area contributed by atoms with Gasteiger partial charge in [-0.3, -0.25) is 13.9 Å². The lowest BCUT2D eigenvalue weighted by Gasteiger charge is -2.11. The molecule has 0 saturated carbocycles. The standard InChI is InChI=1S/C22H25N9O.HI/c1-2-23-22(25-15-20-29-28-19-9-3-4-12-31(19)20)24-14-17-7-5-8-18(13-17)27-21(32)16-30-11-6-10-26-30;/h3-13H,2,14-16H2,1H3,(H,27,32)(H2,23,24,25);1H. The van der Waals surface area contributed by atoms with Gasteiger partial charge in [0.2, 0.25) is 5.91 Å². The second-order valence-corrected chi connectivity index (χ2v) is 7.05. The van der Waals surface area contributed by atoms with E-state index in [0.717, 1.165) is 29.3 Å². The van der Waals surface area contributed by atoms with Crippen LogP contribution in [0.25, 0.3) is 5.65 Å². The van der Waals surface area contributed by atoms with Crippen LogP contribution in [0.2, 0.25) is 0 Å². The van der Waals surface area contributed by atoms with Crippen molar-refractivity contribution < 1.29 is 4.79 Å². The van der Waals surface area contributed by atoms with Gasteiger partial charge in [-0.1, -0.05) is 18.2 Å². The van der Waals surface area contributed by atoms with Gasteiger partial charge in [0.15, 0.2) is 17.4 Å². The van der Waals surface area contributed by atoms with Gasteiger partial charge in [0, 0.05) is 30.8 Å². The molecular weight excluding hydrogens is 533 g/mol. The summed E-state index contributed by atoms with van der Waals surface area (Å²) in [4.78, 5) is 16.9. The molecular formula is C22H26IN9O. The molecule has 3 aromatic heterocycles. The fourth-order valence-corrected chi connectivity index (χ4v) is 3.18. The molecule has 0 fully saturated rings. The number of aliphatic imine (C=N–C) groups is 1. The van der Waals surface area contributed by atoms with Crippen molar-refractivity contribution in [3.63, 3.8) is 0 Å². The first-order chi connectivity index (χ1) is 15.7. The Morgan fingerprint density at radius 1 is 1.06 bits per heavy atom. The molecule has 0 aliphatic carbocycles. The zero-order chi connectivity index (χ0) is 22.2. The molecule has 0 bridgehead atoms. The molecule has 0 aliphatic heterocycles. The molecule has 172 valence electrons. The van der Waals surface area contributed by atoms with Crippen LogP contribution in [0.3, 0.4) is 0 Å². The molecule has 0 radical (unpaired) electrons. The highest BCUT2D eigenvalue weighted by molar-refractivity contribution is 14.0. The maximum Gasteiger partial charge on any atom is 0.246 e. The molecule has 0 unspecified atom stereocenters. The second-order valence-electron chi connectivity index (χ2n) is 7.05. The number of guanidine groups is 1. The third kappa shape index (κ3) is 6.75. The minimum absolute atomic E-state index is 0. The summed E-state index contributed by atoms with van der Waals surface area (Å²) >= 11 is 0. The number of benzene rings is 1. The first-order valence-corrected chi connectivity index (χ1v) is 10.4. The van der Waals surface area contributed by atoms with Crippen molar-refractivity contribution in [2.24, 2.45) is 4.99 Å². The fourth-order valence-electron chi connectivity index (χ4n) is 3.18. The summed E-state index contributed by atoms with van der Waals surface area (Å²) in [5, 5.41) is 21.9. The van der Waals surface area contributed by atoms with Crippen molar-refractivity contribution in [2.75, 3.05) is 11.9 Å². The van der Waals surface area contributed by atoms with Gasteiger partial charge >= 0.3 is 0 Å². The lowest BCUT2D eigenvalue weighted by Crippen LogP contribution is -2.37. The van der Waals surface area contributed by atoms with Gasteiger partial charge in [-0.25, -0.2) is 4.99 Å². The van der Waals surface area contributed by atoms with Gasteiger partial charge in [-0.15, -0.1) is 34.2 Å². The molecule has 10 nitrogen and oxygen atoms in total. The summed E-state index contributed by atoms with van der Waals surface area (Å²) in [6.07, 6.45) is 5.33. The van der Waals surface area contributed by atoms with Gasteiger partial charge in [0.1, 0.15) is 6.54 Å². The number of hydrogen-bond acceptors (Lipinski definition) is 5. The number of hydrogen-bond donors (Lipinski definition) is 3. The number of aromatic nitrogens is 5. The predicted octanol–water partition coefficient (Wildman–Crippen LogP) is 2.44. The van der Waals surface area contributed by atoms with Crippen LogP contribution < -0.4 is 16.0 Å². The van der Waals surface area contributed by atoms with Crippen LogP contribution in [0.1, 0.15) is 18.3 Å². The topological polar surface area (TPSA) is 114 Å². The van der Waals surface area contributed by atoms with Gasteiger partial charge in [-0.05, 0) is 42.8 Å². The minimum atomic E-state index is -0.134. The Hall–Kier alpha value is -3.48. The highest BCUT2D eigenvalue weighted by Crippen LogP contribution is 2.12. The number of amides is 1. The zero-order valence-corrected chi connectivity index (χ0v) is 20.5. The van der Waals surface area contributed by atoms with Gasteiger partial charge in [0.25, 0.3) is 0 Å². The van der Waals surface area contributed by atoms with Crippen molar-refractivity contribution >= 4 is 47.2 Å². The van der Waals surface area contributed by atoms with Crippen LogP contribution in [0, 0.1) is 0 Å². The number of anilines is 1. The SMILES string of the molecule is CCNC(=NCc1cccc(NC(=O)Cn2cccn2)c1)NCc1nnc2ccccn12.I. The number of pyridine rings is 1. The average Bonchev–Trinajstić information content (AvgIpc) is 3.46. The molecule has 0 spiro atoms. The van der Waals surface area contributed by atoms with E-state index in [2.05, 4.69) is 36.2 Å². The summed E-state index contributed by atoms with van der Waals surface area (Å²) in [6, 6.07) is 15.2. The minimum Gasteiger partial charge on any atom is -0.357 e. The summed E-state index contributed by atoms with van der Waals surface area (Å²) in [6.45, 7) is 3.86. The highest BCUT2D eigenvalue weighted by atomic mass is 127. The van der Waals surface area contributed by atoms with Crippen molar-refractivity contribution in [2.45, 2.75) is 26.6 Å². The Morgan fingerprint density at radius 3 is 2.79 bits per heavy atom. The van der Waals surface area contributed by atoms with E-state index in [9.17, 15) is 4.79 Å². The molecule has 1 amide bonds. The van der Waals surface area contributed by atoms with Crippen molar-refractivity contribution in [1.29, 1.82) is 0 Å². The number of rotatable bonds is 8. The number of halogens is 1. The van der Waals surface area contributed by atoms with Gasteiger partial charge < -0.3 is 16.0 Å². The highest BCUT2D eigenvalue weighted by Gasteiger charge is 2.07. The summed E-state index contributed by atoms with van der Waals surface area (Å²) in [7, 11) is 0. The van der Waals surface area contributed by atoms with E-state index >= 15 is 0 Å². The number of carbonyl (C=O) groups excluding carboxylic acids is 1. The third-order valence-electron chi connectivity index (χ3n) is 4.64. The molecule has 11 heteroatoms. The monoisotopic (exact) mass is 559 g/mol. The van der Waals surface area contributed by atoms with Gasteiger partial charge in [-0.2, -0.15) is 5.10 Å². The quantitative estimate of drug-likeness (QED) is 0.174. The third-order valence-corrected chi connectivity index (χ3v) is 4.64. The van der Waals surface area contributed by atoms with Crippen molar-refractivity contribution in [3.8, 4) is 0 Å². The molecule has 3 heterocycles. The number of fused-ring (bicyclic) bond motifs is 1. The normalized spacial score (nSPS) is 11.1. The van der Waals surface area contributed by atoms with Crippen molar-refractivity contribution in [3.05, 3.63) is 78.5 Å². The van der Waals surface area contributed by atoms with Crippen LogP contribution >= 0.6 is 24.0 Å². The Balaban J connectivity index is 0.00000306. The number of carbonyl (C=O) groups is 1. The van der Waals surface area contributed by atoms with Crippen LogP contribution in [-0.2, 0) is 24.4 Å². The molecule has 4 aromatic rings. The maximum atomic E-state index is 12.2. The maximum absolute atomic E-state index is 12.2. The summed E-state index contributed by atoms with van der Waals surface area (Å²) in [5.74, 6) is 1.34. The average molecular weight is 559 g/mol. The lowest BCUT2D eigenvalue weighted by atomic mass is 10.2. The van der Waals surface area contributed by atoms with E-state index < -0.39 is 0 Å². The van der Waals surface area contributed by atoms with E-state index in [1.54, 1.807) is 23.1 Å². The lowest BCUT2D eigenvalue weighted by molar-refractivity contribution is -0.116. The Kier molecular flexibility index (Phi) is 8.75. The van der Waals surface area contributed by atoms with Crippen molar-refractivity contribution in [1.82, 2.24) is 35.0 Å². The Bertz CT molecular complexity index is 1200. The molecule has 1 aromatic carbocycles. The van der Waals surface area contributed by atoms with Crippen LogP contribution in [0.15, 0.2) is 72.1 Å². The van der Waals surface area contributed by atoms with E-state index in [-0.39, 0.29) is 36.4 Å². The van der Waals surface area contributed by atoms with Crippen LogP contribution in [-0.4, -0.2) is 42.8 Å². The second kappa shape index (κ2) is 11.9. The largest absolute Gasteiger partial charge is 0.357 e. The number of nitrogens with zero attached hydrogens (tertiary/aromatic N) is 6. The molecule has 0 atom stereocenters. The van der Waals surface area contributed by atoms with E-state index in [0.29, 0.717) is 19.0 Å². The Morgan fingerprint density at radius 2 is 1.97 bits per heavy atom. The Labute approximate surface area is 208 Å². The smallest absolute Gasteiger partial charge is 0.246 e. The van der Waals surface area contributed by atoms with Crippen LogP contribution in [0.5, 0.6) is 0 Å². The molecule has 33 heavy (non-hydrogen) atoms. The first kappa shape index (κ1) is 24.2. The molecule has 0 saturated heterocycles. The summed E-state index contributed by atoms with van der Waals surface area (Å²) in [5.41, 5.74) is 2.51. The zero-order valence-electron chi connectivity index (χ0n) is 18.2.